The van der Waals surface area contributed by atoms with E-state index in [0.717, 1.165) is 11.8 Å². The third-order valence-corrected chi connectivity index (χ3v) is 4.92. The minimum Gasteiger partial charge on any atom is -0.306 e. The molecule has 3 unspecified atom stereocenters. The lowest BCUT2D eigenvalue weighted by atomic mass is 9.79. The zero-order valence-electron chi connectivity index (χ0n) is 10.6. The molecule has 0 bridgehead atoms. The Labute approximate surface area is 103 Å². The predicted molar refractivity (Wildman–Crippen MR) is 71.8 cm³/mol. The fourth-order valence-corrected chi connectivity index (χ4v) is 3.60. The number of hydrogen-bond acceptors (Lipinski definition) is 2. The van der Waals surface area contributed by atoms with Crippen molar-refractivity contribution in [3.8, 4) is 0 Å². The zero-order chi connectivity index (χ0) is 11.5. The van der Waals surface area contributed by atoms with Crippen molar-refractivity contribution in [1.29, 1.82) is 0 Å². The molecule has 1 nitrogen and oxygen atoms in total. The standard InChI is InChI=1S/C14H23NS/c1-10-6-7-13(11(2)9-10)15-12(3)14-5-4-8-16-14/h4-5,8,10-13,15H,6-7,9H2,1-3H3/t10?,11?,12-,13?/m0/s1. The van der Waals surface area contributed by atoms with E-state index < -0.39 is 0 Å². The van der Waals surface area contributed by atoms with E-state index >= 15 is 0 Å². The molecular formula is C14H23NS. The Morgan fingerprint density at radius 2 is 2.19 bits per heavy atom. The molecule has 1 saturated carbocycles. The van der Waals surface area contributed by atoms with Crippen LogP contribution in [0.3, 0.4) is 0 Å². The topological polar surface area (TPSA) is 12.0 Å². The summed E-state index contributed by atoms with van der Waals surface area (Å²) in [7, 11) is 0. The first-order valence-corrected chi connectivity index (χ1v) is 7.34. The minimum atomic E-state index is 0.515. The Kier molecular flexibility index (Phi) is 4.04. The highest BCUT2D eigenvalue weighted by molar-refractivity contribution is 7.10. The zero-order valence-corrected chi connectivity index (χ0v) is 11.4. The Morgan fingerprint density at radius 1 is 1.38 bits per heavy atom. The lowest BCUT2D eigenvalue weighted by molar-refractivity contribution is 0.217. The van der Waals surface area contributed by atoms with Crippen molar-refractivity contribution < 1.29 is 0 Å². The molecule has 1 N–H and O–H groups in total. The molecule has 0 saturated heterocycles. The number of thiophene rings is 1. The van der Waals surface area contributed by atoms with Crippen LogP contribution in [0.2, 0.25) is 0 Å². The van der Waals surface area contributed by atoms with E-state index in [2.05, 4.69) is 43.6 Å². The van der Waals surface area contributed by atoms with Crippen molar-refractivity contribution in [2.45, 2.75) is 52.1 Å². The van der Waals surface area contributed by atoms with Crippen LogP contribution in [0.25, 0.3) is 0 Å². The van der Waals surface area contributed by atoms with Gasteiger partial charge < -0.3 is 5.32 Å². The van der Waals surface area contributed by atoms with E-state index in [1.165, 1.54) is 24.1 Å². The van der Waals surface area contributed by atoms with Gasteiger partial charge in [-0.25, -0.2) is 0 Å². The first kappa shape index (κ1) is 12.1. The Morgan fingerprint density at radius 3 is 2.81 bits per heavy atom. The fourth-order valence-electron chi connectivity index (χ4n) is 2.85. The van der Waals surface area contributed by atoms with Gasteiger partial charge in [0.2, 0.25) is 0 Å². The monoisotopic (exact) mass is 237 g/mol. The summed E-state index contributed by atoms with van der Waals surface area (Å²) < 4.78 is 0. The van der Waals surface area contributed by atoms with Gasteiger partial charge in [-0.2, -0.15) is 0 Å². The second-order valence-corrected chi connectivity index (χ2v) is 6.39. The summed E-state index contributed by atoms with van der Waals surface area (Å²) >= 11 is 1.86. The van der Waals surface area contributed by atoms with E-state index in [4.69, 9.17) is 0 Å². The number of hydrogen-bond donors (Lipinski definition) is 1. The van der Waals surface area contributed by atoms with E-state index in [1.807, 2.05) is 11.3 Å². The summed E-state index contributed by atoms with van der Waals surface area (Å²) in [6.07, 6.45) is 4.12. The van der Waals surface area contributed by atoms with Crippen LogP contribution in [0.15, 0.2) is 17.5 Å². The second-order valence-electron chi connectivity index (χ2n) is 5.41. The molecular weight excluding hydrogens is 214 g/mol. The van der Waals surface area contributed by atoms with Crippen molar-refractivity contribution in [1.82, 2.24) is 5.32 Å². The van der Waals surface area contributed by atoms with Gasteiger partial charge in [0.05, 0.1) is 0 Å². The van der Waals surface area contributed by atoms with Gasteiger partial charge in [-0.3, -0.25) is 0 Å². The van der Waals surface area contributed by atoms with Gasteiger partial charge in [0.15, 0.2) is 0 Å². The lowest BCUT2D eigenvalue weighted by Crippen LogP contribution is -2.40. The third kappa shape index (κ3) is 2.86. The van der Waals surface area contributed by atoms with Crippen LogP contribution >= 0.6 is 11.3 Å². The first-order chi connectivity index (χ1) is 7.66. The molecule has 1 aromatic rings. The average molecular weight is 237 g/mol. The van der Waals surface area contributed by atoms with E-state index in [0.29, 0.717) is 12.1 Å². The van der Waals surface area contributed by atoms with Crippen LogP contribution in [0.4, 0.5) is 0 Å². The molecule has 4 atom stereocenters. The molecule has 0 aliphatic heterocycles. The number of nitrogens with one attached hydrogen (secondary N) is 1. The predicted octanol–water partition coefficient (Wildman–Crippen LogP) is 4.22. The number of rotatable bonds is 3. The van der Waals surface area contributed by atoms with E-state index in [-0.39, 0.29) is 0 Å². The van der Waals surface area contributed by atoms with Crippen LogP contribution in [0, 0.1) is 11.8 Å². The van der Waals surface area contributed by atoms with Crippen LogP contribution in [-0.4, -0.2) is 6.04 Å². The molecule has 1 aliphatic rings. The van der Waals surface area contributed by atoms with Crippen LogP contribution in [-0.2, 0) is 0 Å². The Balaban J connectivity index is 1.89. The molecule has 2 rings (SSSR count). The van der Waals surface area contributed by atoms with Crippen molar-refractivity contribution in [3.05, 3.63) is 22.4 Å². The SMILES string of the molecule is CC1CCC(N[C@@H](C)c2cccs2)C(C)C1. The molecule has 1 aliphatic carbocycles. The van der Waals surface area contributed by atoms with E-state index in [9.17, 15) is 0 Å². The van der Waals surface area contributed by atoms with Crippen LogP contribution in [0.1, 0.15) is 51.0 Å². The van der Waals surface area contributed by atoms with Gasteiger partial charge >= 0.3 is 0 Å². The summed E-state index contributed by atoms with van der Waals surface area (Å²) in [6, 6.07) is 5.61. The molecule has 0 amide bonds. The maximum absolute atomic E-state index is 3.80. The highest BCUT2D eigenvalue weighted by Crippen LogP contribution is 2.30. The smallest absolute Gasteiger partial charge is 0.0388 e. The Hall–Kier alpha value is -0.340. The van der Waals surface area contributed by atoms with Gasteiger partial charge in [0, 0.05) is 17.0 Å². The fraction of sp³-hybridized carbons (Fsp3) is 0.714. The summed E-state index contributed by atoms with van der Waals surface area (Å²) in [5, 5.41) is 5.97. The largest absolute Gasteiger partial charge is 0.306 e. The maximum Gasteiger partial charge on any atom is 0.0388 e. The third-order valence-electron chi connectivity index (χ3n) is 3.87. The van der Waals surface area contributed by atoms with Crippen molar-refractivity contribution in [2.24, 2.45) is 11.8 Å². The summed E-state index contributed by atoms with van der Waals surface area (Å²) in [5.74, 6) is 1.75. The maximum atomic E-state index is 3.80. The Bertz CT molecular complexity index is 307. The molecule has 0 radical (unpaired) electrons. The highest BCUT2D eigenvalue weighted by atomic mass is 32.1. The molecule has 90 valence electrons. The summed E-state index contributed by atoms with van der Waals surface area (Å²) in [6.45, 7) is 7.07. The molecule has 0 aromatic carbocycles. The van der Waals surface area contributed by atoms with Crippen molar-refractivity contribution >= 4 is 11.3 Å². The van der Waals surface area contributed by atoms with Gasteiger partial charge in [-0.1, -0.05) is 19.9 Å². The second kappa shape index (κ2) is 5.33. The lowest BCUT2D eigenvalue weighted by Gasteiger charge is -2.35. The summed E-state index contributed by atoms with van der Waals surface area (Å²) in [4.78, 5) is 1.46. The summed E-state index contributed by atoms with van der Waals surface area (Å²) in [5.41, 5.74) is 0. The van der Waals surface area contributed by atoms with Crippen molar-refractivity contribution in [3.63, 3.8) is 0 Å². The average Bonchev–Trinajstić information content (AvgIpc) is 2.75. The first-order valence-electron chi connectivity index (χ1n) is 6.46. The van der Waals surface area contributed by atoms with Crippen LogP contribution < -0.4 is 5.32 Å². The molecule has 16 heavy (non-hydrogen) atoms. The van der Waals surface area contributed by atoms with Gasteiger partial charge in [0.25, 0.3) is 0 Å². The molecule has 0 spiro atoms. The quantitative estimate of drug-likeness (QED) is 0.830. The van der Waals surface area contributed by atoms with Gasteiger partial charge in [0.1, 0.15) is 0 Å². The molecule has 2 heteroatoms. The van der Waals surface area contributed by atoms with Gasteiger partial charge in [-0.05, 0) is 49.5 Å². The molecule has 1 fully saturated rings. The molecule has 1 aromatic heterocycles. The van der Waals surface area contributed by atoms with Crippen molar-refractivity contribution in [2.75, 3.05) is 0 Å². The van der Waals surface area contributed by atoms with Crippen LogP contribution in [0.5, 0.6) is 0 Å². The normalized spacial score (nSPS) is 32.6. The van der Waals surface area contributed by atoms with Gasteiger partial charge in [-0.15, -0.1) is 11.3 Å². The minimum absolute atomic E-state index is 0.515. The highest BCUT2D eigenvalue weighted by Gasteiger charge is 2.26. The van der Waals surface area contributed by atoms with E-state index in [1.54, 1.807) is 0 Å². The molecule has 1 heterocycles.